The van der Waals surface area contributed by atoms with Crippen molar-refractivity contribution in [3.63, 3.8) is 0 Å². The molecule has 1 aromatic carbocycles. The highest BCUT2D eigenvalue weighted by atomic mass is 19.2. The summed E-state index contributed by atoms with van der Waals surface area (Å²) in [5.41, 5.74) is 0.153. The standard InChI is InChI=1S/C12H14F3NO/c13-10-6-12(15)11(14)5-8(10)7-16-3-1-9(17)2-4-16/h5-6,9,17H,1-4,7H2. The largest absolute Gasteiger partial charge is 0.393 e. The summed E-state index contributed by atoms with van der Waals surface area (Å²) in [4.78, 5) is 1.92. The average Bonchev–Trinajstić information content (AvgIpc) is 2.29. The van der Waals surface area contributed by atoms with Crippen LogP contribution >= 0.6 is 0 Å². The predicted molar refractivity (Wildman–Crippen MR) is 56.8 cm³/mol. The molecule has 0 amide bonds. The van der Waals surface area contributed by atoms with Gasteiger partial charge in [-0.05, 0) is 18.9 Å². The Morgan fingerprint density at radius 2 is 1.65 bits per heavy atom. The van der Waals surface area contributed by atoms with Crippen molar-refractivity contribution in [2.75, 3.05) is 13.1 Å². The molecule has 1 heterocycles. The fraction of sp³-hybridized carbons (Fsp3) is 0.500. The van der Waals surface area contributed by atoms with Crippen LogP contribution in [0.25, 0.3) is 0 Å². The van der Waals surface area contributed by atoms with E-state index in [1.54, 1.807) is 0 Å². The summed E-state index contributed by atoms with van der Waals surface area (Å²) in [5.74, 6) is -2.92. The lowest BCUT2D eigenvalue weighted by molar-refractivity contribution is 0.0787. The third-order valence-electron chi connectivity index (χ3n) is 3.04. The molecule has 0 spiro atoms. The Balaban J connectivity index is 2.06. The third-order valence-corrected chi connectivity index (χ3v) is 3.04. The number of benzene rings is 1. The van der Waals surface area contributed by atoms with Crippen LogP contribution in [0, 0.1) is 17.5 Å². The lowest BCUT2D eigenvalue weighted by Gasteiger charge is -2.29. The molecular formula is C12H14F3NO. The quantitative estimate of drug-likeness (QED) is 0.806. The number of piperidine rings is 1. The van der Waals surface area contributed by atoms with Gasteiger partial charge in [0.2, 0.25) is 0 Å². The van der Waals surface area contributed by atoms with E-state index in [-0.39, 0.29) is 18.2 Å². The average molecular weight is 245 g/mol. The Morgan fingerprint density at radius 3 is 2.29 bits per heavy atom. The molecule has 0 unspecified atom stereocenters. The molecule has 0 radical (unpaired) electrons. The van der Waals surface area contributed by atoms with Crippen LogP contribution in [0.2, 0.25) is 0 Å². The zero-order valence-electron chi connectivity index (χ0n) is 9.30. The third kappa shape index (κ3) is 2.98. The lowest BCUT2D eigenvalue weighted by Crippen LogP contribution is -2.35. The molecule has 1 aromatic rings. The highest BCUT2D eigenvalue weighted by Crippen LogP contribution is 2.18. The second-order valence-corrected chi connectivity index (χ2v) is 4.37. The summed E-state index contributed by atoms with van der Waals surface area (Å²) in [6.07, 6.45) is 0.956. The Labute approximate surface area is 97.7 Å². The smallest absolute Gasteiger partial charge is 0.161 e. The molecule has 0 aromatic heterocycles. The van der Waals surface area contributed by atoms with Crippen LogP contribution in [0.15, 0.2) is 12.1 Å². The van der Waals surface area contributed by atoms with Crippen molar-refractivity contribution in [2.24, 2.45) is 0 Å². The number of hydrogen-bond acceptors (Lipinski definition) is 2. The van der Waals surface area contributed by atoms with Gasteiger partial charge in [0.25, 0.3) is 0 Å². The molecule has 2 nitrogen and oxygen atoms in total. The van der Waals surface area contributed by atoms with Gasteiger partial charge < -0.3 is 5.11 Å². The summed E-state index contributed by atoms with van der Waals surface area (Å²) in [7, 11) is 0. The number of likely N-dealkylation sites (tertiary alicyclic amines) is 1. The van der Waals surface area contributed by atoms with Crippen LogP contribution in [0.3, 0.4) is 0 Å². The first-order valence-corrected chi connectivity index (χ1v) is 5.60. The molecule has 1 fully saturated rings. The molecule has 0 aliphatic carbocycles. The molecule has 94 valence electrons. The van der Waals surface area contributed by atoms with Crippen molar-refractivity contribution in [3.05, 3.63) is 35.1 Å². The predicted octanol–water partition coefficient (Wildman–Crippen LogP) is 2.06. The van der Waals surface area contributed by atoms with Gasteiger partial charge in [0.1, 0.15) is 5.82 Å². The van der Waals surface area contributed by atoms with Gasteiger partial charge in [-0.15, -0.1) is 0 Å². The first kappa shape index (κ1) is 12.4. The zero-order valence-corrected chi connectivity index (χ0v) is 9.30. The van der Waals surface area contributed by atoms with E-state index in [4.69, 9.17) is 0 Å². The lowest BCUT2D eigenvalue weighted by atomic mass is 10.1. The van der Waals surface area contributed by atoms with Gasteiger partial charge in [0, 0.05) is 31.3 Å². The Bertz CT molecular complexity index is 403. The molecule has 1 aliphatic rings. The summed E-state index contributed by atoms with van der Waals surface area (Å²) in [6.45, 7) is 1.52. The van der Waals surface area contributed by atoms with Crippen LogP contribution in [0.1, 0.15) is 18.4 Å². The van der Waals surface area contributed by atoms with E-state index in [2.05, 4.69) is 0 Å². The van der Waals surface area contributed by atoms with E-state index >= 15 is 0 Å². The first-order chi connectivity index (χ1) is 8.06. The fourth-order valence-electron chi connectivity index (χ4n) is 2.00. The van der Waals surface area contributed by atoms with Gasteiger partial charge in [0.05, 0.1) is 6.10 Å². The molecule has 0 saturated carbocycles. The topological polar surface area (TPSA) is 23.5 Å². The van der Waals surface area contributed by atoms with E-state index in [1.807, 2.05) is 4.90 Å². The van der Waals surface area contributed by atoms with E-state index in [9.17, 15) is 18.3 Å². The molecule has 2 rings (SSSR count). The summed E-state index contributed by atoms with van der Waals surface area (Å²) in [5, 5.41) is 9.32. The van der Waals surface area contributed by atoms with Crippen molar-refractivity contribution in [2.45, 2.75) is 25.5 Å². The van der Waals surface area contributed by atoms with Crippen molar-refractivity contribution < 1.29 is 18.3 Å². The monoisotopic (exact) mass is 245 g/mol. The van der Waals surface area contributed by atoms with Gasteiger partial charge in [-0.25, -0.2) is 13.2 Å². The molecule has 5 heteroatoms. The molecular weight excluding hydrogens is 231 g/mol. The van der Waals surface area contributed by atoms with Crippen LogP contribution < -0.4 is 0 Å². The highest BCUT2D eigenvalue weighted by Gasteiger charge is 2.19. The maximum Gasteiger partial charge on any atom is 0.161 e. The number of aliphatic hydroxyl groups excluding tert-OH is 1. The van der Waals surface area contributed by atoms with Crippen LogP contribution in [-0.4, -0.2) is 29.2 Å². The normalized spacial score (nSPS) is 18.6. The van der Waals surface area contributed by atoms with Crippen LogP contribution in [0.4, 0.5) is 13.2 Å². The van der Waals surface area contributed by atoms with Crippen molar-refractivity contribution in [1.82, 2.24) is 4.90 Å². The summed E-state index contributed by atoms with van der Waals surface area (Å²) in [6, 6.07) is 1.47. The van der Waals surface area contributed by atoms with Crippen molar-refractivity contribution >= 4 is 0 Å². The SMILES string of the molecule is OC1CCN(Cc2cc(F)c(F)cc2F)CC1. The Hall–Kier alpha value is -1.07. The number of nitrogens with zero attached hydrogens (tertiary/aromatic N) is 1. The minimum Gasteiger partial charge on any atom is -0.393 e. The minimum atomic E-state index is -1.17. The second kappa shape index (κ2) is 5.06. The summed E-state index contributed by atoms with van der Waals surface area (Å²) >= 11 is 0. The van der Waals surface area contributed by atoms with Crippen molar-refractivity contribution in [1.29, 1.82) is 0 Å². The fourth-order valence-corrected chi connectivity index (χ4v) is 2.00. The van der Waals surface area contributed by atoms with Crippen LogP contribution in [0.5, 0.6) is 0 Å². The van der Waals surface area contributed by atoms with Gasteiger partial charge in [0.15, 0.2) is 11.6 Å². The zero-order chi connectivity index (χ0) is 12.4. The maximum absolute atomic E-state index is 13.4. The molecule has 0 bridgehead atoms. The molecule has 17 heavy (non-hydrogen) atoms. The van der Waals surface area contributed by atoms with E-state index in [0.717, 1.165) is 6.07 Å². The second-order valence-electron chi connectivity index (χ2n) is 4.37. The Morgan fingerprint density at radius 1 is 1.06 bits per heavy atom. The van der Waals surface area contributed by atoms with Gasteiger partial charge in [-0.3, -0.25) is 4.90 Å². The Kier molecular flexibility index (Phi) is 3.69. The van der Waals surface area contributed by atoms with Crippen molar-refractivity contribution in [3.8, 4) is 0 Å². The van der Waals surface area contributed by atoms with Gasteiger partial charge in [-0.2, -0.15) is 0 Å². The highest BCUT2D eigenvalue weighted by molar-refractivity contribution is 5.20. The molecule has 0 atom stereocenters. The molecule has 1 N–H and O–H groups in total. The number of halogens is 3. The first-order valence-electron chi connectivity index (χ1n) is 5.60. The van der Waals surface area contributed by atoms with E-state index in [0.29, 0.717) is 32.0 Å². The van der Waals surface area contributed by atoms with Crippen LogP contribution in [-0.2, 0) is 6.54 Å². The number of rotatable bonds is 2. The van der Waals surface area contributed by atoms with E-state index < -0.39 is 17.5 Å². The maximum atomic E-state index is 13.4. The molecule has 1 saturated heterocycles. The number of hydrogen-bond donors (Lipinski definition) is 1. The summed E-state index contributed by atoms with van der Waals surface area (Å²) < 4.78 is 39.1. The number of aliphatic hydroxyl groups is 1. The molecule has 1 aliphatic heterocycles. The van der Waals surface area contributed by atoms with Gasteiger partial charge >= 0.3 is 0 Å². The van der Waals surface area contributed by atoms with E-state index in [1.165, 1.54) is 0 Å². The minimum absolute atomic E-state index is 0.153. The van der Waals surface area contributed by atoms with Gasteiger partial charge in [-0.1, -0.05) is 0 Å².